The Balaban J connectivity index is 3.52. The number of aromatic nitrogens is 1. The standard InChI is InChI=1S/C14H15F3N2/c1-9(5-6-18)10-8-19-12(13(2,3)4)7-11(10)14(15,16)17/h5,7-8H,1-4H3. The number of allylic oxidation sites excluding steroid dienone is 2. The van der Waals surface area contributed by atoms with Gasteiger partial charge in [0, 0.05) is 28.9 Å². The summed E-state index contributed by atoms with van der Waals surface area (Å²) in [7, 11) is 0. The molecule has 0 atom stereocenters. The highest BCUT2D eigenvalue weighted by molar-refractivity contribution is 5.68. The number of halogens is 3. The van der Waals surface area contributed by atoms with Crippen LogP contribution in [0.4, 0.5) is 13.2 Å². The molecule has 1 aromatic heterocycles. The summed E-state index contributed by atoms with van der Waals surface area (Å²) in [6.07, 6.45) is -2.20. The van der Waals surface area contributed by atoms with Gasteiger partial charge < -0.3 is 0 Å². The summed E-state index contributed by atoms with van der Waals surface area (Å²) in [4.78, 5) is 4.08. The molecule has 0 bridgehead atoms. The fourth-order valence-electron chi connectivity index (χ4n) is 1.59. The first-order chi connectivity index (χ1) is 8.57. The molecule has 2 nitrogen and oxygen atoms in total. The van der Waals surface area contributed by atoms with Gasteiger partial charge in [-0.3, -0.25) is 4.98 Å². The van der Waals surface area contributed by atoms with Crippen LogP contribution in [-0.4, -0.2) is 4.98 Å². The van der Waals surface area contributed by atoms with Crippen LogP contribution < -0.4 is 0 Å². The van der Waals surface area contributed by atoms with Gasteiger partial charge in [-0.05, 0) is 18.6 Å². The molecule has 1 aromatic rings. The second-order valence-corrected chi connectivity index (χ2v) is 5.32. The van der Waals surface area contributed by atoms with Gasteiger partial charge in [-0.2, -0.15) is 18.4 Å². The predicted octanol–water partition coefficient (Wildman–Crippen LogP) is 4.32. The highest BCUT2D eigenvalue weighted by Crippen LogP contribution is 2.36. The van der Waals surface area contributed by atoms with Crippen molar-refractivity contribution in [1.82, 2.24) is 4.98 Å². The second kappa shape index (κ2) is 5.04. The molecule has 0 spiro atoms. The first-order valence-electron chi connectivity index (χ1n) is 5.72. The van der Waals surface area contributed by atoms with E-state index < -0.39 is 17.2 Å². The van der Waals surface area contributed by atoms with E-state index in [0.29, 0.717) is 5.69 Å². The summed E-state index contributed by atoms with van der Waals surface area (Å²) in [5, 5.41) is 8.55. The Morgan fingerprint density at radius 1 is 1.32 bits per heavy atom. The van der Waals surface area contributed by atoms with Gasteiger partial charge in [-0.25, -0.2) is 0 Å². The lowest BCUT2D eigenvalue weighted by molar-refractivity contribution is -0.137. The topological polar surface area (TPSA) is 36.7 Å². The van der Waals surface area contributed by atoms with Crippen molar-refractivity contribution < 1.29 is 13.2 Å². The first kappa shape index (κ1) is 15.2. The molecular weight excluding hydrogens is 253 g/mol. The maximum atomic E-state index is 13.1. The van der Waals surface area contributed by atoms with Gasteiger partial charge in [-0.15, -0.1) is 0 Å². The molecule has 0 aliphatic rings. The summed E-state index contributed by atoms with van der Waals surface area (Å²) >= 11 is 0. The first-order valence-corrected chi connectivity index (χ1v) is 5.72. The maximum Gasteiger partial charge on any atom is 0.417 e. The third kappa shape index (κ3) is 3.57. The van der Waals surface area contributed by atoms with E-state index in [-0.39, 0.29) is 11.1 Å². The minimum absolute atomic E-state index is 0.0537. The van der Waals surface area contributed by atoms with E-state index in [4.69, 9.17) is 5.26 Å². The van der Waals surface area contributed by atoms with Gasteiger partial charge in [0.2, 0.25) is 0 Å². The molecule has 5 heteroatoms. The van der Waals surface area contributed by atoms with Crippen LogP contribution in [-0.2, 0) is 11.6 Å². The van der Waals surface area contributed by atoms with E-state index >= 15 is 0 Å². The zero-order valence-electron chi connectivity index (χ0n) is 11.3. The van der Waals surface area contributed by atoms with Crippen molar-refractivity contribution >= 4 is 5.57 Å². The maximum absolute atomic E-state index is 13.1. The van der Waals surface area contributed by atoms with E-state index in [2.05, 4.69) is 4.98 Å². The van der Waals surface area contributed by atoms with Crippen molar-refractivity contribution in [1.29, 1.82) is 5.26 Å². The Labute approximate surface area is 110 Å². The van der Waals surface area contributed by atoms with Gasteiger partial charge in [0.15, 0.2) is 0 Å². The van der Waals surface area contributed by atoms with Gasteiger partial charge in [0.05, 0.1) is 11.6 Å². The molecule has 0 aliphatic heterocycles. The summed E-state index contributed by atoms with van der Waals surface area (Å²) in [5.41, 5.74) is -0.652. The molecule has 0 N–H and O–H groups in total. The third-order valence-electron chi connectivity index (χ3n) is 2.68. The average Bonchev–Trinajstić information content (AvgIpc) is 2.26. The minimum Gasteiger partial charge on any atom is -0.260 e. The van der Waals surface area contributed by atoms with E-state index in [1.807, 2.05) is 0 Å². The largest absolute Gasteiger partial charge is 0.417 e. The van der Waals surface area contributed by atoms with Gasteiger partial charge in [0.1, 0.15) is 0 Å². The molecule has 0 aromatic carbocycles. The molecule has 0 amide bonds. The molecule has 0 radical (unpaired) electrons. The Kier molecular flexibility index (Phi) is 4.04. The number of rotatable bonds is 1. The van der Waals surface area contributed by atoms with Crippen LogP contribution in [0.25, 0.3) is 5.57 Å². The van der Waals surface area contributed by atoms with Crippen LogP contribution in [0.2, 0.25) is 0 Å². The normalized spacial score (nSPS) is 13.3. The summed E-state index contributed by atoms with van der Waals surface area (Å²) in [6, 6.07) is 2.79. The van der Waals surface area contributed by atoms with E-state index in [0.717, 1.165) is 12.1 Å². The van der Waals surface area contributed by atoms with Crippen LogP contribution in [0.3, 0.4) is 0 Å². The molecule has 0 unspecified atom stereocenters. The molecule has 0 saturated carbocycles. The molecule has 1 heterocycles. The van der Waals surface area contributed by atoms with Crippen molar-refractivity contribution in [2.45, 2.75) is 39.3 Å². The predicted molar refractivity (Wildman–Crippen MR) is 67.2 cm³/mol. The van der Waals surface area contributed by atoms with Gasteiger partial charge >= 0.3 is 6.18 Å². The number of nitriles is 1. The molecule has 0 aliphatic carbocycles. The second-order valence-electron chi connectivity index (χ2n) is 5.32. The van der Waals surface area contributed by atoms with E-state index in [1.54, 1.807) is 26.8 Å². The molecule has 0 saturated heterocycles. The Bertz CT molecular complexity index is 543. The van der Waals surface area contributed by atoms with Crippen LogP contribution in [0.15, 0.2) is 18.3 Å². The fourth-order valence-corrected chi connectivity index (χ4v) is 1.59. The molecule has 0 fully saturated rings. The SMILES string of the molecule is CC(=CC#N)c1cnc(C(C)(C)C)cc1C(F)(F)F. The zero-order chi connectivity index (χ0) is 14.8. The lowest BCUT2D eigenvalue weighted by Gasteiger charge is -2.21. The summed E-state index contributed by atoms with van der Waals surface area (Å²) < 4.78 is 39.2. The number of hydrogen-bond acceptors (Lipinski definition) is 2. The smallest absolute Gasteiger partial charge is 0.260 e. The number of alkyl halides is 3. The molecular formula is C14H15F3N2. The van der Waals surface area contributed by atoms with Crippen LogP contribution in [0.1, 0.15) is 44.5 Å². The van der Waals surface area contributed by atoms with Crippen molar-refractivity contribution in [3.05, 3.63) is 35.2 Å². The lowest BCUT2D eigenvalue weighted by Crippen LogP contribution is -2.17. The van der Waals surface area contributed by atoms with Crippen LogP contribution in [0, 0.1) is 11.3 Å². The highest BCUT2D eigenvalue weighted by Gasteiger charge is 2.35. The average molecular weight is 268 g/mol. The van der Waals surface area contributed by atoms with Crippen molar-refractivity contribution in [3.63, 3.8) is 0 Å². The zero-order valence-corrected chi connectivity index (χ0v) is 11.3. The van der Waals surface area contributed by atoms with Crippen LogP contribution in [0.5, 0.6) is 0 Å². The molecule has 102 valence electrons. The van der Waals surface area contributed by atoms with E-state index in [1.165, 1.54) is 13.1 Å². The molecule has 19 heavy (non-hydrogen) atoms. The Morgan fingerprint density at radius 3 is 2.32 bits per heavy atom. The van der Waals surface area contributed by atoms with Gasteiger partial charge in [-0.1, -0.05) is 20.8 Å². The number of nitrogens with zero attached hydrogens (tertiary/aromatic N) is 2. The highest BCUT2D eigenvalue weighted by atomic mass is 19.4. The van der Waals surface area contributed by atoms with Crippen molar-refractivity contribution in [2.24, 2.45) is 0 Å². The van der Waals surface area contributed by atoms with Crippen LogP contribution >= 0.6 is 0 Å². The monoisotopic (exact) mass is 268 g/mol. The third-order valence-corrected chi connectivity index (χ3v) is 2.68. The number of hydrogen-bond donors (Lipinski definition) is 0. The van der Waals surface area contributed by atoms with Crippen molar-refractivity contribution in [3.8, 4) is 6.07 Å². The van der Waals surface area contributed by atoms with Gasteiger partial charge in [0.25, 0.3) is 0 Å². The van der Waals surface area contributed by atoms with Crippen molar-refractivity contribution in [2.75, 3.05) is 0 Å². The Morgan fingerprint density at radius 2 is 1.89 bits per heavy atom. The lowest BCUT2D eigenvalue weighted by atomic mass is 9.89. The quantitative estimate of drug-likeness (QED) is 0.711. The summed E-state index contributed by atoms with van der Waals surface area (Å²) in [6.45, 7) is 6.86. The fraction of sp³-hybridized carbons (Fsp3) is 0.429. The summed E-state index contributed by atoms with van der Waals surface area (Å²) in [5.74, 6) is 0. The minimum atomic E-state index is -4.47. The molecule has 1 rings (SSSR count). The van der Waals surface area contributed by atoms with E-state index in [9.17, 15) is 13.2 Å². The Hall–Kier alpha value is -1.83. The number of pyridine rings is 1.